The number of ether oxygens (including phenoxy) is 1. The van der Waals surface area contributed by atoms with Crippen molar-refractivity contribution in [3.63, 3.8) is 0 Å². The second-order valence-electron chi connectivity index (χ2n) is 5.46. The summed E-state index contributed by atoms with van der Waals surface area (Å²) in [6, 6.07) is -0.0186. The summed E-state index contributed by atoms with van der Waals surface area (Å²) in [7, 11) is -1.78. The molecule has 1 N–H and O–H groups in total. The number of nitrogens with zero attached hydrogens (tertiary/aromatic N) is 1. The van der Waals surface area contributed by atoms with E-state index in [1.165, 1.54) is 7.11 Å². The van der Waals surface area contributed by atoms with Crippen molar-refractivity contribution in [1.29, 1.82) is 0 Å². The van der Waals surface area contributed by atoms with Gasteiger partial charge in [-0.1, -0.05) is 0 Å². The molecule has 7 heteroatoms. The van der Waals surface area contributed by atoms with E-state index in [9.17, 15) is 13.2 Å². The number of aliphatic carboxylic acids is 1. The maximum absolute atomic E-state index is 12.3. The third-order valence-corrected chi connectivity index (χ3v) is 6.01. The molecular formula is C12H21NO5S. The number of hydrogen-bond donors (Lipinski definition) is 1. The summed E-state index contributed by atoms with van der Waals surface area (Å²) >= 11 is 0. The highest BCUT2D eigenvalue weighted by Gasteiger charge is 2.46. The Morgan fingerprint density at radius 3 is 2.37 bits per heavy atom. The lowest BCUT2D eigenvalue weighted by Gasteiger charge is -2.37. The van der Waals surface area contributed by atoms with Crippen LogP contribution in [0.1, 0.15) is 32.1 Å². The van der Waals surface area contributed by atoms with Crippen molar-refractivity contribution in [3.05, 3.63) is 0 Å². The lowest BCUT2D eigenvalue weighted by molar-refractivity contribution is -0.138. The predicted molar refractivity (Wildman–Crippen MR) is 69.3 cm³/mol. The number of carbonyl (C=O) groups is 1. The molecule has 0 aromatic carbocycles. The highest BCUT2D eigenvalue weighted by Crippen LogP contribution is 2.41. The predicted octanol–water partition coefficient (Wildman–Crippen LogP) is 0.680. The second kappa shape index (κ2) is 5.76. The summed E-state index contributed by atoms with van der Waals surface area (Å²) in [5.41, 5.74) is 0. The molecule has 0 aromatic heterocycles. The number of fused-ring (bicyclic) bond motifs is 2. The quantitative estimate of drug-likeness (QED) is 0.778. The lowest BCUT2D eigenvalue weighted by atomic mass is 9.90. The number of sulfonamides is 1. The van der Waals surface area contributed by atoms with Gasteiger partial charge in [0.1, 0.15) is 0 Å². The third kappa shape index (κ3) is 3.27. The first-order valence-corrected chi connectivity index (χ1v) is 8.27. The smallest absolute Gasteiger partial charge is 0.303 e. The summed E-state index contributed by atoms with van der Waals surface area (Å²) in [4.78, 5) is 10.8. The van der Waals surface area contributed by atoms with Crippen molar-refractivity contribution in [1.82, 2.24) is 4.31 Å². The Kier molecular flexibility index (Phi) is 4.47. The van der Waals surface area contributed by atoms with Crippen LogP contribution in [0.2, 0.25) is 0 Å². The Labute approximate surface area is 113 Å². The maximum Gasteiger partial charge on any atom is 0.303 e. The van der Waals surface area contributed by atoms with E-state index in [4.69, 9.17) is 9.84 Å². The van der Waals surface area contributed by atoms with Crippen LogP contribution < -0.4 is 0 Å². The van der Waals surface area contributed by atoms with Crippen LogP contribution in [0.4, 0.5) is 0 Å². The van der Waals surface area contributed by atoms with E-state index in [0.717, 1.165) is 12.8 Å². The van der Waals surface area contributed by atoms with Crippen LogP contribution in [0.15, 0.2) is 0 Å². The van der Waals surface area contributed by atoms with Crippen molar-refractivity contribution in [2.75, 3.05) is 19.5 Å². The summed E-state index contributed by atoms with van der Waals surface area (Å²) in [5, 5.41) is 8.85. The van der Waals surface area contributed by atoms with Gasteiger partial charge in [-0.05, 0) is 31.6 Å². The van der Waals surface area contributed by atoms with Gasteiger partial charge < -0.3 is 9.84 Å². The molecule has 2 heterocycles. The molecule has 0 aromatic rings. The first-order valence-electron chi connectivity index (χ1n) is 6.66. The molecule has 2 aliphatic heterocycles. The van der Waals surface area contributed by atoms with Gasteiger partial charge in [0.2, 0.25) is 10.0 Å². The molecule has 0 aliphatic carbocycles. The van der Waals surface area contributed by atoms with E-state index in [1.54, 1.807) is 4.31 Å². The normalized spacial score (nSPS) is 31.5. The van der Waals surface area contributed by atoms with Crippen LogP contribution in [0, 0.1) is 5.92 Å². The molecule has 2 aliphatic rings. The van der Waals surface area contributed by atoms with Gasteiger partial charge in [-0.2, -0.15) is 4.31 Å². The summed E-state index contributed by atoms with van der Waals surface area (Å²) < 4.78 is 31.0. The largest absolute Gasteiger partial charge is 0.481 e. The Balaban J connectivity index is 2.04. The number of hydrogen-bond acceptors (Lipinski definition) is 4. The molecule has 0 radical (unpaired) electrons. The Bertz CT molecular complexity index is 421. The summed E-state index contributed by atoms with van der Waals surface area (Å²) in [6.07, 6.45) is 3.21. The standard InChI is InChI=1S/C12H21NO5S/c1-18-4-5-19(16,17)13-10-2-3-11(13)7-9(6-10)8-12(14)15/h9-11H,2-8H2,1H3,(H,14,15). The molecule has 2 fully saturated rings. The highest BCUT2D eigenvalue weighted by molar-refractivity contribution is 7.89. The average molecular weight is 291 g/mol. The number of rotatable bonds is 6. The van der Waals surface area contributed by atoms with Gasteiger partial charge in [-0.15, -0.1) is 0 Å². The van der Waals surface area contributed by atoms with Crippen LogP contribution in [0.3, 0.4) is 0 Å². The van der Waals surface area contributed by atoms with E-state index in [1.807, 2.05) is 0 Å². The SMILES string of the molecule is COCCS(=O)(=O)N1C2CCC1CC(CC(=O)O)C2. The van der Waals surface area contributed by atoms with Crippen LogP contribution in [0.5, 0.6) is 0 Å². The fourth-order valence-electron chi connectivity index (χ4n) is 3.41. The number of methoxy groups -OCH3 is 1. The van der Waals surface area contributed by atoms with E-state index >= 15 is 0 Å². The molecule has 0 spiro atoms. The van der Waals surface area contributed by atoms with Crippen molar-refractivity contribution in [2.45, 2.75) is 44.2 Å². The van der Waals surface area contributed by atoms with Crippen molar-refractivity contribution in [3.8, 4) is 0 Å². The Morgan fingerprint density at radius 2 is 1.89 bits per heavy atom. The van der Waals surface area contributed by atoms with Crippen molar-refractivity contribution >= 4 is 16.0 Å². The molecule has 6 nitrogen and oxygen atoms in total. The molecule has 2 rings (SSSR count). The molecule has 0 amide bonds. The monoisotopic (exact) mass is 291 g/mol. The second-order valence-corrected chi connectivity index (χ2v) is 7.45. The van der Waals surface area contributed by atoms with Gasteiger partial charge in [0.05, 0.1) is 12.4 Å². The van der Waals surface area contributed by atoms with Gasteiger partial charge in [0.25, 0.3) is 0 Å². The lowest BCUT2D eigenvalue weighted by Crippen LogP contribution is -2.48. The van der Waals surface area contributed by atoms with Gasteiger partial charge in [-0.3, -0.25) is 4.79 Å². The molecule has 2 bridgehead atoms. The van der Waals surface area contributed by atoms with E-state index < -0.39 is 16.0 Å². The topological polar surface area (TPSA) is 83.9 Å². The minimum Gasteiger partial charge on any atom is -0.481 e. The van der Waals surface area contributed by atoms with E-state index in [2.05, 4.69) is 0 Å². The number of carboxylic acid groups (broad SMARTS) is 1. The Morgan fingerprint density at radius 1 is 1.32 bits per heavy atom. The van der Waals surface area contributed by atoms with Crippen LogP contribution in [-0.4, -0.2) is 55.4 Å². The molecule has 19 heavy (non-hydrogen) atoms. The minimum atomic E-state index is -3.27. The fourth-order valence-corrected chi connectivity index (χ4v) is 5.29. The summed E-state index contributed by atoms with van der Waals surface area (Å²) in [5.74, 6) is -0.663. The molecule has 2 atom stereocenters. The van der Waals surface area contributed by atoms with Gasteiger partial charge in [0.15, 0.2) is 0 Å². The van der Waals surface area contributed by atoms with Crippen LogP contribution in [0.25, 0.3) is 0 Å². The highest BCUT2D eigenvalue weighted by atomic mass is 32.2. The van der Waals surface area contributed by atoms with Gasteiger partial charge in [0, 0.05) is 25.6 Å². The fraction of sp³-hybridized carbons (Fsp3) is 0.917. The minimum absolute atomic E-state index is 0.00930. The average Bonchev–Trinajstić information content (AvgIpc) is 2.60. The van der Waals surface area contributed by atoms with Crippen LogP contribution in [-0.2, 0) is 19.6 Å². The zero-order valence-electron chi connectivity index (χ0n) is 11.1. The summed E-state index contributed by atoms with van der Waals surface area (Å²) in [6.45, 7) is 0.205. The number of piperidine rings is 1. The van der Waals surface area contributed by atoms with E-state index in [-0.39, 0.29) is 36.8 Å². The van der Waals surface area contributed by atoms with Crippen molar-refractivity contribution < 1.29 is 23.1 Å². The van der Waals surface area contributed by atoms with Gasteiger partial charge in [-0.25, -0.2) is 8.42 Å². The molecular weight excluding hydrogens is 270 g/mol. The Hall–Kier alpha value is -0.660. The van der Waals surface area contributed by atoms with Crippen molar-refractivity contribution in [2.24, 2.45) is 5.92 Å². The first-order chi connectivity index (χ1) is 8.94. The maximum atomic E-state index is 12.3. The molecule has 0 saturated carbocycles. The zero-order valence-corrected chi connectivity index (χ0v) is 11.9. The zero-order chi connectivity index (χ0) is 14.0. The molecule has 110 valence electrons. The van der Waals surface area contributed by atoms with Gasteiger partial charge >= 0.3 is 5.97 Å². The number of carboxylic acids is 1. The van der Waals surface area contributed by atoms with Crippen LogP contribution >= 0.6 is 0 Å². The first kappa shape index (κ1) is 14.7. The van der Waals surface area contributed by atoms with E-state index in [0.29, 0.717) is 12.8 Å². The molecule has 2 unspecified atom stereocenters. The third-order valence-electron chi connectivity index (χ3n) is 4.09. The molecule has 2 saturated heterocycles.